The third-order valence-corrected chi connectivity index (χ3v) is 3.64. The normalized spacial score (nSPS) is 11.4. The van der Waals surface area contributed by atoms with E-state index in [-0.39, 0.29) is 0 Å². The van der Waals surface area contributed by atoms with Crippen molar-refractivity contribution >= 4 is 5.97 Å². The molecule has 0 aliphatic rings. The van der Waals surface area contributed by atoms with Crippen LogP contribution in [0.1, 0.15) is 27.0 Å². The number of benzene rings is 2. The summed E-state index contributed by atoms with van der Waals surface area (Å²) in [6.07, 6.45) is -4.38. The van der Waals surface area contributed by atoms with Crippen LogP contribution in [0.25, 0.3) is 11.1 Å². The molecule has 0 unspecified atom stereocenters. The highest BCUT2D eigenvalue weighted by Gasteiger charge is 2.30. The maximum atomic E-state index is 12.7. The Morgan fingerprint density at radius 2 is 1.59 bits per heavy atom. The molecule has 116 valence electrons. The molecular weight excluding hydrogens is 293 g/mol. The quantitative estimate of drug-likeness (QED) is 0.747. The summed E-state index contributed by atoms with van der Waals surface area (Å²) in [5, 5.41) is 0. The molecule has 2 aromatic carbocycles. The molecule has 0 amide bonds. The van der Waals surface area contributed by atoms with Crippen molar-refractivity contribution in [3.63, 3.8) is 0 Å². The van der Waals surface area contributed by atoms with E-state index in [1.807, 2.05) is 13.8 Å². The fourth-order valence-electron chi connectivity index (χ4n) is 2.29. The number of halogens is 3. The summed E-state index contributed by atoms with van der Waals surface area (Å²) in [7, 11) is 1.27. The van der Waals surface area contributed by atoms with Crippen LogP contribution >= 0.6 is 0 Å². The lowest BCUT2D eigenvalue weighted by molar-refractivity contribution is -0.137. The van der Waals surface area contributed by atoms with Crippen molar-refractivity contribution in [3.05, 3.63) is 58.7 Å². The summed E-state index contributed by atoms with van der Waals surface area (Å²) < 4.78 is 42.7. The Balaban J connectivity index is 2.61. The fourth-order valence-corrected chi connectivity index (χ4v) is 2.29. The molecule has 0 fully saturated rings. The first-order chi connectivity index (χ1) is 10.3. The number of hydrogen-bond donors (Lipinski definition) is 0. The Morgan fingerprint density at radius 3 is 2.09 bits per heavy atom. The standard InChI is InChI=1S/C17H15F3O2/c1-10-4-9-14(16(21)22-3)15(11(10)2)12-5-7-13(8-6-12)17(18,19)20/h4-9H,1-3H3. The Bertz CT molecular complexity index is 701. The van der Waals surface area contributed by atoms with Gasteiger partial charge in [-0.05, 0) is 54.3 Å². The minimum atomic E-state index is -4.38. The van der Waals surface area contributed by atoms with Gasteiger partial charge in [0.05, 0.1) is 18.2 Å². The van der Waals surface area contributed by atoms with Gasteiger partial charge < -0.3 is 4.74 Å². The minimum Gasteiger partial charge on any atom is -0.465 e. The molecule has 0 aliphatic carbocycles. The van der Waals surface area contributed by atoms with E-state index in [1.54, 1.807) is 12.1 Å². The lowest BCUT2D eigenvalue weighted by Gasteiger charge is -2.15. The summed E-state index contributed by atoms with van der Waals surface area (Å²) in [6.45, 7) is 3.71. The van der Waals surface area contributed by atoms with Crippen molar-refractivity contribution in [3.8, 4) is 11.1 Å². The smallest absolute Gasteiger partial charge is 0.416 e. The summed E-state index contributed by atoms with van der Waals surface area (Å²) in [5.74, 6) is -0.516. The van der Waals surface area contributed by atoms with Gasteiger partial charge in [-0.3, -0.25) is 0 Å². The van der Waals surface area contributed by atoms with Crippen molar-refractivity contribution < 1.29 is 22.7 Å². The van der Waals surface area contributed by atoms with Crippen molar-refractivity contribution in [2.24, 2.45) is 0 Å². The molecular formula is C17H15F3O2. The number of alkyl halides is 3. The average Bonchev–Trinajstić information content (AvgIpc) is 2.48. The van der Waals surface area contributed by atoms with E-state index >= 15 is 0 Å². The molecule has 0 atom stereocenters. The molecule has 2 aromatic rings. The first-order valence-electron chi connectivity index (χ1n) is 6.62. The van der Waals surface area contributed by atoms with E-state index in [0.29, 0.717) is 16.7 Å². The Morgan fingerprint density at radius 1 is 1.00 bits per heavy atom. The van der Waals surface area contributed by atoms with Gasteiger partial charge in [-0.1, -0.05) is 18.2 Å². The first kappa shape index (κ1) is 16.1. The second kappa shape index (κ2) is 5.83. The van der Waals surface area contributed by atoms with Crippen LogP contribution in [0.15, 0.2) is 36.4 Å². The highest BCUT2D eigenvalue weighted by Crippen LogP contribution is 2.34. The van der Waals surface area contributed by atoms with Crippen LogP contribution in [0.5, 0.6) is 0 Å². The number of carbonyl (C=O) groups excluding carboxylic acids is 1. The lowest BCUT2D eigenvalue weighted by atomic mass is 9.91. The van der Waals surface area contributed by atoms with Crippen LogP contribution < -0.4 is 0 Å². The Kier molecular flexibility index (Phi) is 4.26. The Labute approximate surface area is 126 Å². The average molecular weight is 308 g/mol. The molecule has 2 rings (SSSR count). The van der Waals surface area contributed by atoms with Gasteiger partial charge in [-0.15, -0.1) is 0 Å². The molecule has 0 bridgehead atoms. The van der Waals surface area contributed by atoms with E-state index in [9.17, 15) is 18.0 Å². The number of ether oxygens (including phenoxy) is 1. The number of methoxy groups -OCH3 is 1. The van der Waals surface area contributed by atoms with Crippen molar-refractivity contribution in [1.29, 1.82) is 0 Å². The third-order valence-electron chi connectivity index (χ3n) is 3.64. The molecule has 5 heteroatoms. The van der Waals surface area contributed by atoms with Gasteiger partial charge in [0.1, 0.15) is 0 Å². The predicted molar refractivity (Wildman–Crippen MR) is 77.7 cm³/mol. The van der Waals surface area contributed by atoms with E-state index in [1.165, 1.54) is 19.2 Å². The van der Waals surface area contributed by atoms with Gasteiger partial charge in [-0.25, -0.2) is 4.79 Å². The zero-order valence-corrected chi connectivity index (χ0v) is 12.4. The van der Waals surface area contributed by atoms with Gasteiger partial charge in [-0.2, -0.15) is 13.2 Å². The second-order valence-electron chi connectivity index (χ2n) is 5.00. The predicted octanol–water partition coefficient (Wildman–Crippen LogP) is 4.78. The maximum Gasteiger partial charge on any atom is 0.416 e. The molecule has 0 heterocycles. The van der Waals surface area contributed by atoms with E-state index < -0.39 is 17.7 Å². The van der Waals surface area contributed by atoms with Crippen LogP contribution in [-0.2, 0) is 10.9 Å². The Hall–Kier alpha value is -2.30. The minimum absolute atomic E-state index is 0.338. The number of esters is 1. The number of rotatable bonds is 2. The monoisotopic (exact) mass is 308 g/mol. The molecule has 0 spiro atoms. The third kappa shape index (κ3) is 2.98. The van der Waals surface area contributed by atoms with Gasteiger partial charge in [0.15, 0.2) is 0 Å². The summed E-state index contributed by atoms with van der Waals surface area (Å²) in [6, 6.07) is 8.18. The lowest BCUT2D eigenvalue weighted by Crippen LogP contribution is -2.07. The van der Waals surface area contributed by atoms with Gasteiger partial charge in [0.2, 0.25) is 0 Å². The van der Waals surface area contributed by atoms with E-state index in [0.717, 1.165) is 23.3 Å². The molecule has 0 radical (unpaired) electrons. The van der Waals surface area contributed by atoms with Crippen LogP contribution in [-0.4, -0.2) is 13.1 Å². The SMILES string of the molecule is COC(=O)c1ccc(C)c(C)c1-c1ccc(C(F)(F)F)cc1. The van der Waals surface area contributed by atoms with Crippen molar-refractivity contribution in [2.75, 3.05) is 7.11 Å². The molecule has 22 heavy (non-hydrogen) atoms. The molecule has 0 aliphatic heterocycles. The molecule has 0 saturated carbocycles. The first-order valence-corrected chi connectivity index (χ1v) is 6.62. The van der Waals surface area contributed by atoms with Crippen molar-refractivity contribution in [2.45, 2.75) is 20.0 Å². The zero-order chi connectivity index (χ0) is 16.5. The van der Waals surface area contributed by atoms with Crippen LogP contribution in [0.3, 0.4) is 0 Å². The van der Waals surface area contributed by atoms with E-state index in [2.05, 4.69) is 0 Å². The summed E-state index contributed by atoms with van der Waals surface area (Å²) in [4.78, 5) is 11.9. The molecule has 0 aromatic heterocycles. The van der Waals surface area contributed by atoms with E-state index in [4.69, 9.17) is 4.74 Å². The molecule has 0 N–H and O–H groups in total. The highest BCUT2D eigenvalue weighted by atomic mass is 19.4. The molecule has 2 nitrogen and oxygen atoms in total. The van der Waals surface area contributed by atoms with Gasteiger partial charge in [0, 0.05) is 0 Å². The van der Waals surface area contributed by atoms with Gasteiger partial charge in [0.25, 0.3) is 0 Å². The second-order valence-corrected chi connectivity index (χ2v) is 5.00. The number of carbonyl (C=O) groups is 1. The van der Waals surface area contributed by atoms with Crippen molar-refractivity contribution in [1.82, 2.24) is 0 Å². The topological polar surface area (TPSA) is 26.3 Å². The number of hydrogen-bond acceptors (Lipinski definition) is 2. The van der Waals surface area contributed by atoms with Crippen LogP contribution in [0.4, 0.5) is 13.2 Å². The highest BCUT2D eigenvalue weighted by molar-refractivity contribution is 5.98. The maximum absolute atomic E-state index is 12.7. The van der Waals surface area contributed by atoms with Gasteiger partial charge >= 0.3 is 12.1 Å². The molecule has 0 saturated heterocycles. The fraction of sp³-hybridized carbons (Fsp3) is 0.235. The summed E-state index contributed by atoms with van der Waals surface area (Å²) in [5.41, 5.74) is 2.55. The van der Waals surface area contributed by atoms with Crippen LogP contribution in [0, 0.1) is 13.8 Å². The largest absolute Gasteiger partial charge is 0.465 e. The summed E-state index contributed by atoms with van der Waals surface area (Å²) >= 11 is 0. The zero-order valence-electron chi connectivity index (χ0n) is 12.4. The number of aryl methyl sites for hydroxylation is 1. The van der Waals surface area contributed by atoms with Crippen LogP contribution in [0.2, 0.25) is 0 Å².